The zero-order chi connectivity index (χ0) is 17.2. The third kappa shape index (κ3) is 3.65. The van der Waals surface area contributed by atoms with E-state index in [1.165, 1.54) is 12.3 Å². The van der Waals surface area contributed by atoms with E-state index in [9.17, 15) is 13.2 Å². The number of nitrogens with zero attached hydrogens (tertiary/aromatic N) is 2. The van der Waals surface area contributed by atoms with Gasteiger partial charge in [-0.05, 0) is 42.0 Å². The summed E-state index contributed by atoms with van der Waals surface area (Å²) in [4.78, 5) is 4.21. The Hall–Kier alpha value is -2.60. The van der Waals surface area contributed by atoms with Crippen LogP contribution in [0.1, 0.15) is 11.1 Å². The fraction of sp³-hybridized carbons (Fsp3) is 0.0588. The van der Waals surface area contributed by atoms with Gasteiger partial charge in [-0.15, -0.1) is 0 Å². The lowest BCUT2D eigenvalue weighted by Gasteiger charge is -2.09. The molecule has 2 aromatic carbocycles. The lowest BCUT2D eigenvalue weighted by atomic mass is 10.1. The van der Waals surface area contributed by atoms with Crippen molar-refractivity contribution < 1.29 is 13.2 Å². The number of fused-ring (bicyclic) bond motifs is 1. The number of hydrazone groups is 1. The maximum Gasteiger partial charge on any atom is 0.416 e. The lowest BCUT2D eigenvalue weighted by molar-refractivity contribution is -0.137. The minimum Gasteiger partial charge on any atom is -0.277 e. The first kappa shape index (κ1) is 16.3. The van der Waals surface area contributed by atoms with Crippen LogP contribution in [0.25, 0.3) is 10.9 Å². The fourth-order valence-corrected chi connectivity index (χ4v) is 2.30. The van der Waals surface area contributed by atoms with Crippen LogP contribution in [0.15, 0.2) is 59.8 Å². The number of aromatic nitrogens is 1. The van der Waals surface area contributed by atoms with E-state index in [0.717, 1.165) is 28.6 Å². The van der Waals surface area contributed by atoms with Crippen LogP contribution in [-0.2, 0) is 6.18 Å². The summed E-state index contributed by atoms with van der Waals surface area (Å²) in [5, 5.41) is 5.05. The van der Waals surface area contributed by atoms with Crippen LogP contribution in [-0.4, -0.2) is 11.2 Å². The first-order valence-corrected chi connectivity index (χ1v) is 7.32. The molecule has 0 fully saturated rings. The Kier molecular flexibility index (Phi) is 4.40. The molecule has 1 aromatic heterocycles. The molecule has 0 saturated carbocycles. The van der Waals surface area contributed by atoms with Crippen molar-refractivity contribution in [3.63, 3.8) is 0 Å². The van der Waals surface area contributed by atoms with Gasteiger partial charge in [0.25, 0.3) is 0 Å². The summed E-state index contributed by atoms with van der Waals surface area (Å²) in [6, 6.07) is 12.3. The molecule has 24 heavy (non-hydrogen) atoms. The van der Waals surface area contributed by atoms with E-state index >= 15 is 0 Å². The molecule has 1 N–H and O–H groups in total. The predicted octanol–water partition coefficient (Wildman–Crippen LogP) is 5.35. The number of alkyl halides is 3. The number of benzene rings is 2. The fourth-order valence-electron chi connectivity index (χ4n) is 2.14. The minimum absolute atomic E-state index is 0.0881. The predicted molar refractivity (Wildman–Crippen MR) is 89.4 cm³/mol. The number of anilines is 1. The highest BCUT2D eigenvalue weighted by Crippen LogP contribution is 2.33. The van der Waals surface area contributed by atoms with Crippen LogP contribution in [0, 0.1) is 0 Å². The molecule has 3 nitrogen and oxygen atoms in total. The minimum atomic E-state index is -4.43. The van der Waals surface area contributed by atoms with Crippen molar-refractivity contribution in [1.29, 1.82) is 0 Å². The van der Waals surface area contributed by atoms with Gasteiger partial charge < -0.3 is 0 Å². The van der Waals surface area contributed by atoms with Gasteiger partial charge in [0.2, 0.25) is 0 Å². The van der Waals surface area contributed by atoms with Crippen LogP contribution in [0.3, 0.4) is 0 Å². The maximum atomic E-state index is 12.7. The monoisotopic (exact) mass is 349 g/mol. The Morgan fingerprint density at radius 3 is 2.71 bits per heavy atom. The third-order valence-electron chi connectivity index (χ3n) is 3.32. The summed E-state index contributed by atoms with van der Waals surface area (Å²) >= 11 is 5.89. The molecule has 0 aliphatic heterocycles. The maximum absolute atomic E-state index is 12.7. The quantitative estimate of drug-likeness (QED) is 0.511. The Bertz CT molecular complexity index is 907. The normalized spacial score (nSPS) is 12.0. The topological polar surface area (TPSA) is 37.3 Å². The van der Waals surface area contributed by atoms with E-state index in [2.05, 4.69) is 15.5 Å². The molecule has 0 aliphatic carbocycles. The molecular formula is C17H11ClF3N3. The zero-order valence-electron chi connectivity index (χ0n) is 12.2. The highest BCUT2D eigenvalue weighted by Gasteiger charge is 2.30. The van der Waals surface area contributed by atoms with Crippen molar-refractivity contribution >= 4 is 34.4 Å². The third-order valence-corrected chi connectivity index (χ3v) is 3.65. The summed E-state index contributed by atoms with van der Waals surface area (Å²) < 4.78 is 38.2. The van der Waals surface area contributed by atoms with Gasteiger partial charge in [-0.25, -0.2) is 0 Å². The number of halogens is 4. The molecule has 0 saturated heterocycles. The Morgan fingerprint density at radius 2 is 1.92 bits per heavy atom. The first-order valence-electron chi connectivity index (χ1n) is 6.94. The van der Waals surface area contributed by atoms with Gasteiger partial charge in [0.15, 0.2) is 0 Å². The summed E-state index contributed by atoms with van der Waals surface area (Å²) in [6.45, 7) is 0. The second-order valence-electron chi connectivity index (χ2n) is 5.02. The van der Waals surface area contributed by atoms with E-state index in [1.807, 2.05) is 30.3 Å². The van der Waals surface area contributed by atoms with Crippen LogP contribution in [0.4, 0.5) is 18.9 Å². The standard InChI is InChI=1S/C17H11ClF3N3/c18-14-5-4-13(17(19,20)21)9-16(14)24-23-10-11-3-6-15-12(8-11)2-1-7-22-15/h1-10,24H. The molecule has 0 radical (unpaired) electrons. The SMILES string of the molecule is FC(F)(F)c1ccc(Cl)c(NN=Cc2ccc3ncccc3c2)c1. The van der Waals surface area contributed by atoms with Gasteiger partial charge in [-0.2, -0.15) is 18.3 Å². The second-order valence-corrected chi connectivity index (χ2v) is 5.43. The summed E-state index contributed by atoms with van der Waals surface area (Å²) in [5.41, 5.74) is 3.48. The second kappa shape index (κ2) is 6.49. The molecule has 3 aromatic rings. The van der Waals surface area contributed by atoms with Gasteiger partial charge in [0.1, 0.15) is 0 Å². The Morgan fingerprint density at radius 1 is 1.08 bits per heavy atom. The molecule has 0 atom stereocenters. The smallest absolute Gasteiger partial charge is 0.277 e. The zero-order valence-corrected chi connectivity index (χ0v) is 12.9. The Balaban J connectivity index is 1.80. The highest BCUT2D eigenvalue weighted by molar-refractivity contribution is 6.33. The van der Waals surface area contributed by atoms with E-state index in [4.69, 9.17) is 11.6 Å². The average molecular weight is 350 g/mol. The van der Waals surface area contributed by atoms with Crippen LogP contribution in [0.2, 0.25) is 5.02 Å². The number of rotatable bonds is 3. The summed E-state index contributed by atoms with van der Waals surface area (Å²) in [7, 11) is 0. The molecule has 0 amide bonds. The van der Waals surface area contributed by atoms with Crippen molar-refractivity contribution in [3.05, 3.63) is 70.9 Å². The van der Waals surface area contributed by atoms with Gasteiger partial charge in [-0.1, -0.05) is 23.7 Å². The van der Waals surface area contributed by atoms with Crippen molar-refractivity contribution in [2.24, 2.45) is 5.10 Å². The van der Waals surface area contributed by atoms with Gasteiger partial charge >= 0.3 is 6.18 Å². The van der Waals surface area contributed by atoms with E-state index < -0.39 is 11.7 Å². The first-order chi connectivity index (χ1) is 11.4. The molecule has 122 valence electrons. The molecule has 0 bridgehead atoms. The number of pyridine rings is 1. The van der Waals surface area contributed by atoms with Gasteiger partial charge in [-0.3, -0.25) is 10.4 Å². The summed E-state index contributed by atoms with van der Waals surface area (Å²) in [6.07, 6.45) is -1.23. The number of hydrogen-bond donors (Lipinski definition) is 1. The van der Waals surface area contributed by atoms with E-state index in [-0.39, 0.29) is 10.7 Å². The molecule has 3 rings (SSSR count). The van der Waals surface area contributed by atoms with Crippen molar-refractivity contribution in [2.45, 2.75) is 6.18 Å². The van der Waals surface area contributed by atoms with Crippen molar-refractivity contribution in [1.82, 2.24) is 4.98 Å². The molecule has 0 spiro atoms. The van der Waals surface area contributed by atoms with Gasteiger partial charge in [0.05, 0.1) is 28.0 Å². The number of hydrogen-bond acceptors (Lipinski definition) is 3. The average Bonchev–Trinajstić information content (AvgIpc) is 2.55. The van der Waals surface area contributed by atoms with E-state index in [1.54, 1.807) is 6.20 Å². The van der Waals surface area contributed by atoms with E-state index in [0.29, 0.717) is 0 Å². The molecular weight excluding hydrogens is 339 g/mol. The summed E-state index contributed by atoms with van der Waals surface area (Å²) in [5.74, 6) is 0. The van der Waals surface area contributed by atoms with Crippen molar-refractivity contribution in [3.8, 4) is 0 Å². The highest BCUT2D eigenvalue weighted by atomic mass is 35.5. The van der Waals surface area contributed by atoms with Gasteiger partial charge in [0, 0.05) is 11.6 Å². The molecule has 0 aliphatic rings. The van der Waals surface area contributed by atoms with Crippen LogP contribution in [0.5, 0.6) is 0 Å². The Labute approximate surface area is 140 Å². The molecule has 0 unspecified atom stereocenters. The van der Waals surface area contributed by atoms with Crippen molar-refractivity contribution in [2.75, 3.05) is 5.43 Å². The lowest BCUT2D eigenvalue weighted by Crippen LogP contribution is -2.05. The largest absolute Gasteiger partial charge is 0.416 e. The van der Waals surface area contributed by atoms with Crippen LogP contribution >= 0.6 is 11.6 Å². The molecule has 1 heterocycles. The molecule has 7 heteroatoms. The van der Waals surface area contributed by atoms with Crippen LogP contribution < -0.4 is 5.43 Å². The number of nitrogens with one attached hydrogen (secondary N) is 1.